The lowest BCUT2D eigenvalue weighted by Gasteiger charge is -2.12. The topological polar surface area (TPSA) is 124 Å². The van der Waals surface area contributed by atoms with Gasteiger partial charge >= 0.3 is 6.01 Å². The van der Waals surface area contributed by atoms with Gasteiger partial charge in [-0.1, -0.05) is 36.7 Å². The summed E-state index contributed by atoms with van der Waals surface area (Å²) < 4.78 is 5.52. The number of halogens is 2. The fourth-order valence-electron chi connectivity index (χ4n) is 2.31. The number of nitrogens with zero attached hydrogens (tertiary/aromatic N) is 2. The Balaban J connectivity index is 0.00000261. The van der Waals surface area contributed by atoms with Crippen molar-refractivity contribution < 1.29 is 14.6 Å². The first-order valence-electron chi connectivity index (χ1n) is 7.44. The molecular weight excluding hydrogens is 411 g/mol. The van der Waals surface area contributed by atoms with E-state index in [-0.39, 0.29) is 30.6 Å². The molecule has 144 valence electrons. The molecule has 0 unspecified atom stereocenters. The average Bonchev–Trinajstić information content (AvgIpc) is 2.93. The van der Waals surface area contributed by atoms with E-state index in [1.54, 1.807) is 25.1 Å². The maximum Gasteiger partial charge on any atom is 0.318 e. The Morgan fingerprint density at radius 2 is 2.04 bits per heavy atom. The molecule has 0 aliphatic rings. The van der Waals surface area contributed by atoms with E-state index in [1.165, 1.54) is 0 Å². The number of hydrogen-bond acceptors (Lipinski definition) is 7. The summed E-state index contributed by atoms with van der Waals surface area (Å²) in [6.45, 7) is 1.46. The summed E-state index contributed by atoms with van der Waals surface area (Å²) in [6, 6.07) is 5.02. The molecule has 1 aromatic carbocycles. The summed E-state index contributed by atoms with van der Waals surface area (Å²) in [7, 11) is 0. The molecule has 0 saturated carbocycles. The van der Waals surface area contributed by atoms with Crippen molar-refractivity contribution in [3.63, 3.8) is 0 Å². The second-order valence-corrected chi connectivity index (χ2v) is 7.30. The molecule has 2 aromatic heterocycles. The largest absolute Gasteiger partial charge is 0.458 e. The first-order chi connectivity index (χ1) is 12.3. The van der Waals surface area contributed by atoms with Crippen molar-refractivity contribution in [2.45, 2.75) is 20.5 Å². The van der Waals surface area contributed by atoms with Gasteiger partial charge in [-0.3, -0.25) is 4.79 Å². The molecule has 2 heterocycles. The van der Waals surface area contributed by atoms with Gasteiger partial charge in [0.05, 0.1) is 33.4 Å². The van der Waals surface area contributed by atoms with Crippen LogP contribution in [0, 0.1) is 0 Å². The number of hydrogen-bond donors (Lipinski definition) is 3. The van der Waals surface area contributed by atoms with E-state index >= 15 is 0 Å². The molecule has 1 atom stereocenters. The zero-order valence-electron chi connectivity index (χ0n) is 13.5. The SMILES string of the molecule is C.C[C@H](CO)Oc1nc(-c2ccc(Cl)c(Cl)c2)c2c(N)c(C(N)=O)sc2n1. The van der Waals surface area contributed by atoms with Crippen molar-refractivity contribution >= 4 is 56.3 Å². The van der Waals surface area contributed by atoms with Crippen molar-refractivity contribution in [1.82, 2.24) is 9.97 Å². The van der Waals surface area contributed by atoms with Gasteiger partial charge in [0.2, 0.25) is 0 Å². The van der Waals surface area contributed by atoms with E-state index in [0.29, 0.717) is 31.5 Å². The summed E-state index contributed by atoms with van der Waals surface area (Å²) in [4.78, 5) is 20.9. The molecule has 0 saturated heterocycles. The number of primary amides is 1. The van der Waals surface area contributed by atoms with Crippen LogP contribution in [0.1, 0.15) is 24.0 Å². The van der Waals surface area contributed by atoms with Crippen molar-refractivity contribution in [2.75, 3.05) is 12.3 Å². The van der Waals surface area contributed by atoms with Crippen LogP contribution in [0.2, 0.25) is 10.0 Å². The molecule has 0 spiro atoms. The number of aromatic nitrogens is 2. The standard InChI is InChI=1S/C16H14Cl2N4O3S.CH4/c1-6(5-23)25-16-21-12(7-2-3-8(17)9(18)4-7)10-11(19)13(14(20)24)26-15(10)22-16;/h2-4,6,23H,5,19H2,1H3,(H2,20,24);1H4/t6-;/m1./s1. The first kappa shape index (κ1) is 21.2. The van der Waals surface area contributed by atoms with Crippen molar-refractivity contribution in [2.24, 2.45) is 5.73 Å². The second-order valence-electron chi connectivity index (χ2n) is 5.48. The van der Waals surface area contributed by atoms with Gasteiger partial charge in [0, 0.05) is 5.56 Å². The number of anilines is 1. The van der Waals surface area contributed by atoms with E-state index in [2.05, 4.69) is 9.97 Å². The van der Waals surface area contributed by atoms with Crippen molar-refractivity contribution in [3.05, 3.63) is 33.1 Å². The molecular formula is C17H18Cl2N4O3S. The minimum atomic E-state index is -0.656. The van der Waals surface area contributed by atoms with E-state index in [1.807, 2.05) is 0 Å². The third-order valence-corrected chi connectivity index (χ3v) is 5.40. The Labute approximate surface area is 169 Å². The lowest BCUT2D eigenvalue weighted by molar-refractivity contribution is 0.100. The van der Waals surface area contributed by atoms with E-state index in [0.717, 1.165) is 11.3 Å². The highest BCUT2D eigenvalue weighted by atomic mass is 35.5. The molecule has 0 radical (unpaired) electrons. The molecule has 27 heavy (non-hydrogen) atoms. The van der Waals surface area contributed by atoms with Gasteiger partial charge in [0.25, 0.3) is 5.91 Å². The fraction of sp³-hybridized carbons (Fsp3) is 0.235. The van der Waals surface area contributed by atoms with Gasteiger partial charge in [-0.2, -0.15) is 9.97 Å². The van der Waals surface area contributed by atoms with Gasteiger partial charge in [0.15, 0.2) is 0 Å². The molecule has 3 rings (SSSR count). The zero-order chi connectivity index (χ0) is 19.0. The predicted molar refractivity (Wildman–Crippen MR) is 110 cm³/mol. The van der Waals surface area contributed by atoms with E-state index in [4.69, 9.17) is 39.4 Å². The van der Waals surface area contributed by atoms with Crippen LogP contribution in [0.3, 0.4) is 0 Å². The fourth-order valence-corrected chi connectivity index (χ4v) is 3.54. The minimum Gasteiger partial charge on any atom is -0.458 e. The van der Waals surface area contributed by atoms with Crippen molar-refractivity contribution in [1.29, 1.82) is 0 Å². The van der Waals surface area contributed by atoms with Gasteiger partial charge in [-0.15, -0.1) is 11.3 Å². The number of ether oxygens (including phenoxy) is 1. The van der Waals surface area contributed by atoms with Crippen LogP contribution in [-0.4, -0.2) is 33.7 Å². The predicted octanol–water partition coefficient (Wildman–Crippen LogP) is 3.74. The lowest BCUT2D eigenvalue weighted by atomic mass is 10.1. The highest BCUT2D eigenvalue weighted by Gasteiger charge is 2.22. The van der Waals surface area contributed by atoms with Crippen LogP contribution in [0.4, 0.5) is 5.69 Å². The van der Waals surface area contributed by atoms with Gasteiger partial charge in [-0.05, 0) is 19.1 Å². The molecule has 0 aliphatic heterocycles. The summed E-state index contributed by atoms with van der Waals surface area (Å²) in [5.74, 6) is -0.656. The maximum atomic E-state index is 11.6. The molecule has 7 nitrogen and oxygen atoms in total. The Bertz CT molecular complexity index is 1010. The Morgan fingerprint density at radius 3 is 2.63 bits per heavy atom. The number of fused-ring (bicyclic) bond motifs is 1. The van der Waals surface area contributed by atoms with E-state index in [9.17, 15) is 9.90 Å². The van der Waals surface area contributed by atoms with Crippen LogP contribution in [0.15, 0.2) is 18.2 Å². The van der Waals surface area contributed by atoms with E-state index < -0.39 is 12.0 Å². The minimum absolute atomic E-state index is 0. The highest BCUT2D eigenvalue weighted by Crippen LogP contribution is 2.40. The molecule has 0 bridgehead atoms. The number of carbonyl (C=O) groups is 1. The van der Waals surface area contributed by atoms with Crippen LogP contribution in [-0.2, 0) is 0 Å². The quantitative estimate of drug-likeness (QED) is 0.568. The molecule has 3 aromatic rings. The summed E-state index contributed by atoms with van der Waals surface area (Å²) in [5.41, 5.74) is 12.7. The molecule has 10 heteroatoms. The average molecular weight is 429 g/mol. The third-order valence-electron chi connectivity index (χ3n) is 3.55. The van der Waals surface area contributed by atoms with Crippen molar-refractivity contribution in [3.8, 4) is 17.3 Å². The number of rotatable bonds is 5. The monoisotopic (exact) mass is 428 g/mol. The molecule has 1 amide bonds. The Kier molecular flexibility index (Phi) is 6.48. The maximum absolute atomic E-state index is 11.6. The number of carbonyl (C=O) groups excluding carboxylic acids is 1. The zero-order valence-corrected chi connectivity index (χ0v) is 15.8. The number of aliphatic hydroxyl groups excluding tert-OH is 1. The summed E-state index contributed by atoms with van der Waals surface area (Å²) in [6.07, 6.45) is -0.512. The summed E-state index contributed by atoms with van der Waals surface area (Å²) >= 11 is 13.1. The number of aliphatic hydroxyl groups is 1. The van der Waals surface area contributed by atoms with Gasteiger partial charge in [0.1, 0.15) is 15.8 Å². The van der Waals surface area contributed by atoms with Crippen LogP contribution >= 0.6 is 34.5 Å². The number of thiophene rings is 1. The van der Waals surface area contributed by atoms with Gasteiger partial charge in [-0.25, -0.2) is 0 Å². The number of nitrogens with two attached hydrogens (primary N) is 2. The van der Waals surface area contributed by atoms with Crippen LogP contribution in [0.5, 0.6) is 6.01 Å². The third kappa shape index (κ3) is 4.08. The Morgan fingerprint density at radius 1 is 1.33 bits per heavy atom. The van der Waals surface area contributed by atoms with Gasteiger partial charge < -0.3 is 21.3 Å². The number of amides is 1. The summed E-state index contributed by atoms with van der Waals surface area (Å²) in [5, 5.41) is 10.4. The molecule has 0 fully saturated rings. The normalized spacial score (nSPS) is 11.9. The smallest absolute Gasteiger partial charge is 0.318 e. The highest BCUT2D eigenvalue weighted by molar-refractivity contribution is 7.21. The Hall–Kier alpha value is -2.13. The number of nitrogen functional groups attached to an aromatic ring is 1. The first-order valence-corrected chi connectivity index (χ1v) is 9.01. The number of benzene rings is 1. The molecule has 0 aliphatic carbocycles. The molecule has 5 N–H and O–H groups in total. The lowest BCUT2D eigenvalue weighted by Crippen LogP contribution is -2.17. The second kappa shape index (κ2) is 8.26. The van der Waals surface area contributed by atoms with Crippen LogP contribution in [0.25, 0.3) is 21.5 Å². The van der Waals surface area contributed by atoms with Crippen LogP contribution < -0.4 is 16.2 Å².